The molecule has 0 amide bonds. The predicted octanol–water partition coefficient (Wildman–Crippen LogP) is 1.91. The van der Waals surface area contributed by atoms with Crippen LogP contribution in [0.3, 0.4) is 0 Å². The lowest BCUT2D eigenvalue weighted by Crippen LogP contribution is -2.15. The van der Waals surface area contributed by atoms with E-state index in [1.165, 1.54) is 0 Å². The molecule has 84 valence electrons. The van der Waals surface area contributed by atoms with Gasteiger partial charge < -0.3 is 15.7 Å². The monoisotopic (exact) mass is 228 g/mol. The molecule has 0 saturated heterocycles. The van der Waals surface area contributed by atoms with Gasteiger partial charge in [-0.3, -0.25) is 0 Å². The molecule has 0 aliphatic rings. The van der Waals surface area contributed by atoms with E-state index in [0.717, 1.165) is 12.1 Å². The Kier molecular flexibility index (Phi) is 4.39. The van der Waals surface area contributed by atoms with Gasteiger partial charge in [-0.15, -0.1) is 0 Å². The molecule has 1 atom stereocenters. The molecule has 3 N–H and O–H groups in total. The van der Waals surface area contributed by atoms with Crippen LogP contribution in [0.25, 0.3) is 0 Å². The van der Waals surface area contributed by atoms with E-state index in [0.29, 0.717) is 17.1 Å². The lowest BCUT2D eigenvalue weighted by atomic mass is 10.1. The van der Waals surface area contributed by atoms with Crippen molar-refractivity contribution in [2.24, 2.45) is 0 Å². The molecule has 1 aromatic carbocycles. The SMILES string of the molecule is CN(C)CCC(O)c1ccc(Cl)c(N)c1. The van der Waals surface area contributed by atoms with Crippen molar-refractivity contribution >= 4 is 17.3 Å². The number of halogens is 1. The van der Waals surface area contributed by atoms with Crippen molar-refractivity contribution in [3.8, 4) is 0 Å². The van der Waals surface area contributed by atoms with E-state index in [2.05, 4.69) is 0 Å². The van der Waals surface area contributed by atoms with E-state index in [9.17, 15) is 5.11 Å². The first-order valence-electron chi connectivity index (χ1n) is 4.88. The number of aliphatic hydroxyl groups is 1. The normalized spacial score (nSPS) is 13.1. The van der Waals surface area contributed by atoms with Crippen LogP contribution >= 0.6 is 11.6 Å². The van der Waals surface area contributed by atoms with E-state index in [1.807, 2.05) is 19.0 Å². The molecule has 0 heterocycles. The molecule has 1 rings (SSSR count). The number of benzene rings is 1. The quantitative estimate of drug-likeness (QED) is 0.774. The molecule has 1 unspecified atom stereocenters. The number of nitrogen functional groups attached to an aromatic ring is 1. The first kappa shape index (κ1) is 12.3. The molecule has 0 bridgehead atoms. The summed E-state index contributed by atoms with van der Waals surface area (Å²) in [6, 6.07) is 5.24. The van der Waals surface area contributed by atoms with Crippen LogP contribution in [0.1, 0.15) is 18.1 Å². The van der Waals surface area contributed by atoms with Gasteiger partial charge in [0.1, 0.15) is 0 Å². The summed E-state index contributed by atoms with van der Waals surface area (Å²) in [5, 5.41) is 10.4. The first-order valence-corrected chi connectivity index (χ1v) is 5.26. The van der Waals surface area contributed by atoms with Crippen LogP contribution in [0.4, 0.5) is 5.69 Å². The van der Waals surface area contributed by atoms with Crippen molar-refractivity contribution in [2.75, 3.05) is 26.4 Å². The van der Waals surface area contributed by atoms with E-state index in [4.69, 9.17) is 17.3 Å². The molecule has 0 spiro atoms. The molecular formula is C11H17ClN2O. The Balaban J connectivity index is 2.65. The highest BCUT2D eigenvalue weighted by Crippen LogP contribution is 2.24. The van der Waals surface area contributed by atoms with Crippen molar-refractivity contribution in [1.29, 1.82) is 0 Å². The summed E-state index contributed by atoms with van der Waals surface area (Å²) in [7, 11) is 3.95. The zero-order chi connectivity index (χ0) is 11.4. The summed E-state index contributed by atoms with van der Waals surface area (Å²) < 4.78 is 0. The Morgan fingerprint density at radius 2 is 2.13 bits per heavy atom. The Morgan fingerprint density at radius 3 is 2.67 bits per heavy atom. The van der Waals surface area contributed by atoms with Crippen LogP contribution in [0.15, 0.2) is 18.2 Å². The van der Waals surface area contributed by atoms with Crippen molar-refractivity contribution in [3.63, 3.8) is 0 Å². The van der Waals surface area contributed by atoms with Gasteiger partial charge >= 0.3 is 0 Å². The van der Waals surface area contributed by atoms with E-state index < -0.39 is 6.10 Å². The topological polar surface area (TPSA) is 49.5 Å². The molecule has 0 aromatic heterocycles. The van der Waals surface area contributed by atoms with E-state index >= 15 is 0 Å². The molecule has 0 saturated carbocycles. The summed E-state index contributed by atoms with van der Waals surface area (Å²) >= 11 is 5.80. The first-order chi connectivity index (χ1) is 7.00. The van der Waals surface area contributed by atoms with Gasteiger partial charge in [0.05, 0.1) is 16.8 Å². The van der Waals surface area contributed by atoms with Gasteiger partial charge in [-0.1, -0.05) is 17.7 Å². The highest BCUT2D eigenvalue weighted by Gasteiger charge is 2.09. The Labute approximate surface area is 95.5 Å². The molecule has 0 aliphatic heterocycles. The van der Waals surface area contributed by atoms with Crippen molar-refractivity contribution in [2.45, 2.75) is 12.5 Å². The number of hydrogen-bond donors (Lipinski definition) is 2. The van der Waals surface area contributed by atoms with Crippen molar-refractivity contribution in [3.05, 3.63) is 28.8 Å². The lowest BCUT2D eigenvalue weighted by molar-refractivity contribution is 0.154. The predicted molar refractivity (Wildman–Crippen MR) is 64.0 cm³/mol. The van der Waals surface area contributed by atoms with Gasteiger partial charge in [0.15, 0.2) is 0 Å². The fraction of sp³-hybridized carbons (Fsp3) is 0.455. The molecule has 0 radical (unpaired) electrons. The molecule has 3 nitrogen and oxygen atoms in total. The second-order valence-corrected chi connectivity index (χ2v) is 4.30. The van der Waals surface area contributed by atoms with Gasteiger partial charge in [0.25, 0.3) is 0 Å². The number of rotatable bonds is 4. The molecule has 1 aromatic rings. The summed E-state index contributed by atoms with van der Waals surface area (Å²) in [5.41, 5.74) is 6.99. The summed E-state index contributed by atoms with van der Waals surface area (Å²) in [6.07, 6.45) is 0.209. The van der Waals surface area contributed by atoms with Gasteiger partial charge in [-0.05, 0) is 38.2 Å². The highest BCUT2D eigenvalue weighted by molar-refractivity contribution is 6.33. The lowest BCUT2D eigenvalue weighted by Gasteiger charge is -2.15. The van der Waals surface area contributed by atoms with Gasteiger partial charge in [0, 0.05) is 6.54 Å². The van der Waals surface area contributed by atoms with Crippen LogP contribution in [-0.4, -0.2) is 30.6 Å². The fourth-order valence-corrected chi connectivity index (χ4v) is 1.43. The largest absolute Gasteiger partial charge is 0.398 e. The van der Waals surface area contributed by atoms with Gasteiger partial charge in [-0.2, -0.15) is 0 Å². The summed E-state index contributed by atoms with van der Waals surface area (Å²) in [6.45, 7) is 0.837. The van der Waals surface area contributed by atoms with E-state index in [1.54, 1.807) is 18.2 Å². The maximum absolute atomic E-state index is 9.86. The third-order valence-corrected chi connectivity index (χ3v) is 2.60. The smallest absolute Gasteiger partial charge is 0.0803 e. The number of nitrogens with two attached hydrogens (primary N) is 1. The minimum absolute atomic E-state index is 0.480. The Hall–Kier alpha value is -0.770. The van der Waals surface area contributed by atoms with Crippen molar-refractivity contribution in [1.82, 2.24) is 4.90 Å². The zero-order valence-electron chi connectivity index (χ0n) is 9.07. The second-order valence-electron chi connectivity index (χ2n) is 3.89. The minimum Gasteiger partial charge on any atom is -0.398 e. The van der Waals surface area contributed by atoms with Crippen LogP contribution in [0, 0.1) is 0 Å². The third-order valence-electron chi connectivity index (χ3n) is 2.25. The Bertz CT molecular complexity index is 328. The van der Waals surface area contributed by atoms with Gasteiger partial charge in [0.2, 0.25) is 0 Å². The van der Waals surface area contributed by atoms with Crippen LogP contribution < -0.4 is 5.73 Å². The number of aliphatic hydroxyl groups excluding tert-OH is 1. The maximum atomic E-state index is 9.86. The highest BCUT2D eigenvalue weighted by atomic mass is 35.5. The fourth-order valence-electron chi connectivity index (χ4n) is 1.32. The summed E-state index contributed by atoms with van der Waals surface area (Å²) in [4.78, 5) is 2.03. The maximum Gasteiger partial charge on any atom is 0.0803 e. The summed E-state index contributed by atoms with van der Waals surface area (Å²) in [5.74, 6) is 0. The Morgan fingerprint density at radius 1 is 1.47 bits per heavy atom. The third kappa shape index (κ3) is 3.70. The molecule has 0 aliphatic carbocycles. The van der Waals surface area contributed by atoms with E-state index in [-0.39, 0.29) is 0 Å². The zero-order valence-corrected chi connectivity index (χ0v) is 9.83. The standard InChI is InChI=1S/C11H17ClN2O/c1-14(2)6-5-11(15)8-3-4-9(12)10(13)7-8/h3-4,7,11,15H,5-6,13H2,1-2H3. The molecular weight excluding hydrogens is 212 g/mol. The minimum atomic E-state index is -0.480. The van der Waals surface area contributed by atoms with Crippen LogP contribution in [-0.2, 0) is 0 Å². The van der Waals surface area contributed by atoms with Crippen LogP contribution in [0.2, 0.25) is 5.02 Å². The molecule has 15 heavy (non-hydrogen) atoms. The second kappa shape index (κ2) is 5.35. The average Bonchev–Trinajstić information content (AvgIpc) is 2.18. The number of nitrogens with zero attached hydrogens (tertiary/aromatic N) is 1. The molecule has 4 heteroatoms. The van der Waals surface area contributed by atoms with Gasteiger partial charge in [-0.25, -0.2) is 0 Å². The molecule has 0 fully saturated rings. The number of hydrogen-bond acceptors (Lipinski definition) is 3. The van der Waals surface area contributed by atoms with Crippen molar-refractivity contribution < 1.29 is 5.11 Å². The van der Waals surface area contributed by atoms with Crippen LogP contribution in [0.5, 0.6) is 0 Å². The number of anilines is 1. The average molecular weight is 229 g/mol.